The molecule has 2 heterocycles. The summed E-state index contributed by atoms with van der Waals surface area (Å²) < 4.78 is 24.8. The van der Waals surface area contributed by atoms with Gasteiger partial charge in [-0.1, -0.05) is 12.1 Å². The first-order valence-corrected chi connectivity index (χ1v) is 12.3. The van der Waals surface area contributed by atoms with Crippen molar-refractivity contribution in [1.82, 2.24) is 15.0 Å². The van der Waals surface area contributed by atoms with Gasteiger partial charge >= 0.3 is 0 Å². The van der Waals surface area contributed by atoms with Gasteiger partial charge in [-0.2, -0.15) is 0 Å². The summed E-state index contributed by atoms with van der Waals surface area (Å²) in [4.78, 5) is 25.0. The molecule has 0 fully saturated rings. The fraction of sp³-hybridized carbons (Fsp3) is 0.120. The van der Waals surface area contributed by atoms with Crippen molar-refractivity contribution in [3.63, 3.8) is 0 Å². The third kappa shape index (κ3) is 4.94. The molecule has 4 aromatic rings. The van der Waals surface area contributed by atoms with E-state index in [-0.39, 0.29) is 10.5 Å². The summed E-state index contributed by atoms with van der Waals surface area (Å²) in [5, 5.41) is 3.22. The number of benzene rings is 2. The number of anilines is 2. The molecular formula is C25H23N5O3S. The number of nitrogens with two attached hydrogens (primary N) is 1. The molecule has 4 rings (SSSR count). The van der Waals surface area contributed by atoms with Gasteiger partial charge in [0.05, 0.1) is 10.6 Å². The van der Waals surface area contributed by atoms with Crippen LogP contribution >= 0.6 is 0 Å². The second-order valence-electron chi connectivity index (χ2n) is 8.02. The lowest BCUT2D eigenvalue weighted by Gasteiger charge is -2.14. The molecular weight excluding hydrogens is 450 g/mol. The number of primary amides is 1. The largest absolute Gasteiger partial charge is 0.366 e. The number of hydrogen-bond acceptors (Lipinski definition) is 7. The molecule has 9 heteroatoms. The summed E-state index contributed by atoms with van der Waals surface area (Å²) in [5.74, 6) is -0.254. The molecule has 0 radical (unpaired) electrons. The molecule has 0 aliphatic rings. The lowest BCUT2D eigenvalue weighted by Crippen LogP contribution is -2.12. The molecule has 34 heavy (non-hydrogen) atoms. The highest BCUT2D eigenvalue weighted by Gasteiger charge is 2.18. The van der Waals surface area contributed by atoms with Gasteiger partial charge in [-0.3, -0.25) is 9.78 Å². The van der Waals surface area contributed by atoms with Crippen molar-refractivity contribution in [3.8, 4) is 22.4 Å². The average Bonchev–Trinajstić information content (AvgIpc) is 2.80. The first-order valence-electron chi connectivity index (χ1n) is 10.4. The Bertz CT molecular complexity index is 1520. The fourth-order valence-corrected chi connectivity index (χ4v) is 4.44. The van der Waals surface area contributed by atoms with Crippen LogP contribution in [0.5, 0.6) is 0 Å². The van der Waals surface area contributed by atoms with Crippen molar-refractivity contribution in [3.05, 3.63) is 83.8 Å². The minimum Gasteiger partial charge on any atom is -0.366 e. The summed E-state index contributed by atoms with van der Waals surface area (Å²) in [6.45, 7) is 3.88. The van der Waals surface area contributed by atoms with Crippen molar-refractivity contribution >= 4 is 27.4 Å². The quantitative estimate of drug-likeness (QED) is 0.432. The predicted molar refractivity (Wildman–Crippen MR) is 132 cm³/mol. The number of hydrogen-bond donors (Lipinski definition) is 2. The van der Waals surface area contributed by atoms with Crippen LogP contribution in [0.1, 0.15) is 21.5 Å². The third-order valence-electron chi connectivity index (χ3n) is 5.28. The number of sulfone groups is 1. The molecule has 3 N–H and O–H groups in total. The number of nitrogens with one attached hydrogen (secondary N) is 1. The molecule has 0 aliphatic carbocycles. The van der Waals surface area contributed by atoms with Crippen LogP contribution in [0.3, 0.4) is 0 Å². The van der Waals surface area contributed by atoms with E-state index < -0.39 is 15.7 Å². The molecule has 1 amide bonds. The second kappa shape index (κ2) is 9.03. The zero-order valence-electron chi connectivity index (χ0n) is 18.9. The monoisotopic (exact) mass is 473 g/mol. The Hall–Kier alpha value is -4.11. The highest BCUT2D eigenvalue weighted by atomic mass is 32.2. The van der Waals surface area contributed by atoms with Crippen molar-refractivity contribution < 1.29 is 13.2 Å². The van der Waals surface area contributed by atoms with Gasteiger partial charge in [0.1, 0.15) is 0 Å². The molecule has 8 nitrogen and oxygen atoms in total. The smallest absolute Gasteiger partial charge is 0.248 e. The number of amides is 1. The van der Waals surface area contributed by atoms with Crippen LogP contribution in [0.15, 0.2) is 72.0 Å². The number of aromatic nitrogens is 3. The maximum absolute atomic E-state index is 12.4. The first kappa shape index (κ1) is 23.1. The van der Waals surface area contributed by atoms with Gasteiger partial charge in [-0.15, -0.1) is 0 Å². The standard InChI is InChI=1S/C25H23N5O3S/c1-15-10-19(14-27-13-15)21-8-9-28-25(29-21)30-22-12-17(5-4-16(22)2)20-11-18(24(26)31)6-7-23(20)34(3,32)33/h4-14H,1-3H3,(H2,26,31)(H,28,29,30). The van der Waals surface area contributed by atoms with Gasteiger partial charge in [-0.05, 0) is 66.9 Å². The van der Waals surface area contributed by atoms with Gasteiger partial charge < -0.3 is 11.1 Å². The van der Waals surface area contributed by atoms with Crippen molar-refractivity contribution in [2.24, 2.45) is 5.73 Å². The highest BCUT2D eigenvalue weighted by Crippen LogP contribution is 2.32. The minimum atomic E-state index is -3.55. The maximum Gasteiger partial charge on any atom is 0.248 e. The van der Waals surface area contributed by atoms with E-state index in [0.29, 0.717) is 22.8 Å². The Balaban J connectivity index is 1.76. The summed E-state index contributed by atoms with van der Waals surface area (Å²) in [7, 11) is -3.55. The average molecular weight is 474 g/mol. The summed E-state index contributed by atoms with van der Waals surface area (Å²) in [6.07, 6.45) is 6.30. The highest BCUT2D eigenvalue weighted by molar-refractivity contribution is 7.90. The molecule has 2 aromatic carbocycles. The normalized spacial score (nSPS) is 11.3. The number of carbonyl (C=O) groups excluding carboxylic acids is 1. The topological polar surface area (TPSA) is 128 Å². The molecule has 0 saturated carbocycles. The third-order valence-corrected chi connectivity index (χ3v) is 6.44. The van der Waals surface area contributed by atoms with E-state index in [2.05, 4.69) is 20.3 Å². The van der Waals surface area contributed by atoms with Crippen LogP contribution in [-0.2, 0) is 9.84 Å². The van der Waals surface area contributed by atoms with Gasteiger partial charge in [0.15, 0.2) is 9.84 Å². The van der Waals surface area contributed by atoms with Crippen LogP contribution in [0.2, 0.25) is 0 Å². The Morgan fingerprint density at radius 3 is 2.47 bits per heavy atom. The minimum absolute atomic E-state index is 0.109. The van der Waals surface area contributed by atoms with E-state index in [1.54, 1.807) is 36.8 Å². The Morgan fingerprint density at radius 2 is 1.76 bits per heavy atom. The lowest BCUT2D eigenvalue weighted by molar-refractivity contribution is 0.1000. The molecule has 0 aliphatic heterocycles. The Kier molecular flexibility index (Phi) is 6.12. The maximum atomic E-state index is 12.4. The molecule has 0 spiro atoms. The summed E-state index contributed by atoms with van der Waals surface area (Å²) in [6, 6.07) is 13.6. The molecule has 172 valence electrons. The van der Waals surface area contributed by atoms with Crippen LogP contribution in [0.25, 0.3) is 22.4 Å². The number of carbonyl (C=O) groups is 1. The molecule has 0 unspecified atom stereocenters. The van der Waals surface area contributed by atoms with E-state index in [9.17, 15) is 13.2 Å². The zero-order chi connectivity index (χ0) is 24.5. The Morgan fingerprint density at radius 1 is 0.971 bits per heavy atom. The van der Waals surface area contributed by atoms with Crippen molar-refractivity contribution in [2.45, 2.75) is 18.7 Å². The predicted octanol–water partition coefficient (Wildman–Crippen LogP) is 4.07. The summed E-state index contributed by atoms with van der Waals surface area (Å²) >= 11 is 0. The Labute approximate surface area is 197 Å². The van der Waals surface area contributed by atoms with Crippen molar-refractivity contribution in [1.29, 1.82) is 0 Å². The zero-order valence-corrected chi connectivity index (χ0v) is 19.7. The van der Waals surface area contributed by atoms with Crippen LogP contribution in [0.4, 0.5) is 11.6 Å². The second-order valence-corrected chi connectivity index (χ2v) is 10.0. The number of aryl methyl sites for hydroxylation is 2. The number of rotatable bonds is 6. The fourth-order valence-electron chi connectivity index (χ4n) is 3.55. The molecule has 2 aromatic heterocycles. The van der Waals surface area contributed by atoms with E-state index in [4.69, 9.17) is 5.73 Å². The van der Waals surface area contributed by atoms with E-state index in [1.807, 2.05) is 26.0 Å². The van der Waals surface area contributed by atoms with Crippen molar-refractivity contribution in [2.75, 3.05) is 11.6 Å². The SMILES string of the molecule is Cc1cncc(-c2ccnc(Nc3cc(-c4cc(C(N)=O)ccc4S(C)(=O)=O)ccc3C)n2)c1. The lowest BCUT2D eigenvalue weighted by atomic mass is 10.0. The molecule has 0 saturated heterocycles. The van der Waals surface area contributed by atoms with Gasteiger partial charge in [0, 0.05) is 47.2 Å². The number of pyridine rings is 1. The van der Waals surface area contributed by atoms with Gasteiger partial charge in [-0.25, -0.2) is 18.4 Å². The summed E-state index contributed by atoms with van der Waals surface area (Å²) in [5.41, 5.74) is 10.9. The molecule has 0 bridgehead atoms. The van der Waals surface area contributed by atoms with E-state index >= 15 is 0 Å². The van der Waals surface area contributed by atoms with Gasteiger partial charge in [0.2, 0.25) is 11.9 Å². The van der Waals surface area contributed by atoms with Crippen LogP contribution in [0, 0.1) is 13.8 Å². The van der Waals surface area contributed by atoms with Gasteiger partial charge in [0.25, 0.3) is 0 Å². The molecule has 0 atom stereocenters. The van der Waals surface area contributed by atoms with E-state index in [1.165, 1.54) is 18.2 Å². The van der Waals surface area contributed by atoms with E-state index in [0.717, 1.165) is 28.6 Å². The first-order chi connectivity index (χ1) is 16.1. The number of nitrogens with zero attached hydrogens (tertiary/aromatic N) is 3. The van der Waals surface area contributed by atoms with Crippen LogP contribution in [-0.4, -0.2) is 35.5 Å². The van der Waals surface area contributed by atoms with Crippen LogP contribution < -0.4 is 11.1 Å².